The predicted octanol–water partition coefficient (Wildman–Crippen LogP) is 1.73. The molecule has 0 radical (unpaired) electrons. The molecule has 0 fully saturated rings. The number of hydrogen-bond donors (Lipinski definition) is 1. The molecule has 2 heterocycles. The quantitative estimate of drug-likeness (QED) is 0.840. The molecule has 0 spiro atoms. The van der Waals surface area contributed by atoms with E-state index in [-0.39, 0.29) is 17.0 Å². The van der Waals surface area contributed by atoms with Gasteiger partial charge in [0.05, 0.1) is 11.3 Å². The maximum Gasteiger partial charge on any atom is 0.261 e. The van der Waals surface area contributed by atoms with Crippen LogP contribution in [0.5, 0.6) is 0 Å². The summed E-state index contributed by atoms with van der Waals surface area (Å²) >= 11 is 5.72. The molecule has 1 amide bonds. The van der Waals surface area contributed by atoms with Crippen LogP contribution in [0.15, 0.2) is 12.3 Å². The SMILES string of the molecule is Cc1nn(C)c(C)c1C(=O)Nc1nccc(Cl)n1. The highest BCUT2D eigenvalue weighted by Gasteiger charge is 2.18. The summed E-state index contributed by atoms with van der Waals surface area (Å²) in [6, 6.07) is 1.54. The number of carbonyl (C=O) groups excluding carboxylic acids is 1. The standard InChI is InChI=1S/C11H12ClN5O/c1-6-9(7(2)17(3)16-6)10(18)15-11-13-5-4-8(12)14-11/h4-5H,1-3H3,(H,13,14,15,18). The van der Waals surface area contributed by atoms with Gasteiger partial charge in [0.15, 0.2) is 0 Å². The van der Waals surface area contributed by atoms with E-state index in [0.717, 1.165) is 5.69 Å². The largest absolute Gasteiger partial charge is 0.290 e. The van der Waals surface area contributed by atoms with Gasteiger partial charge in [0, 0.05) is 18.9 Å². The number of aromatic nitrogens is 4. The third-order valence-corrected chi connectivity index (χ3v) is 2.79. The van der Waals surface area contributed by atoms with Gasteiger partial charge in [-0.25, -0.2) is 9.97 Å². The van der Waals surface area contributed by atoms with Crippen molar-refractivity contribution in [3.05, 3.63) is 34.4 Å². The average molecular weight is 266 g/mol. The number of halogens is 1. The summed E-state index contributed by atoms with van der Waals surface area (Å²) in [4.78, 5) is 19.9. The third kappa shape index (κ3) is 2.33. The monoisotopic (exact) mass is 265 g/mol. The molecule has 0 atom stereocenters. The fourth-order valence-corrected chi connectivity index (χ4v) is 1.80. The van der Waals surface area contributed by atoms with Gasteiger partial charge in [-0.05, 0) is 19.9 Å². The Balaban J connectivity index is 2.27. The molecule has 0 aromatic carbocycles. The summed E-state index contributed by atoms with van der Waals surface area (Å²) in [5.41, 5.74) is 1.97. The second-order valence-electron chi connectivity index (χ2n) is 3.83. The highest BCUT2D eigenvalue weighted by molar-refractivity contribution is 6.29. The molecule has 2 rings (SSSR count). The number of amides is 1. The Bertz CT molecular complexity index is 607. The van der Waals surface area contributed by atoms with E-state index in [1.165, 1.54) is 12.3 Å². The first-order chi connectivity index (χ1) is 8.49. The van der Waals surface area contributed by atoms with Gasteiger partial charge in [-0.1, -0.05) is 11.6 Å². The topological polar surface area (TPSA) is 72.7 Å². The van der Waals surface area contributed by atoms with Crippen molar-refractivity contribution in [2.45, 2.75) is 13.8 Å². The van der Waals surface area contributed by atoms with Crippen molar-refractivity contribution >= 4 is 23.5 Å². The fourth-order valence-electron chi connectivity index (χ4n) is 1.66. The molecule has 0 saturated carbocycles. The number of carbonyl (C=O) groups is 1. The molecule has 0 aliphatic carbocycles. The Morgan fingerprint density at radius 2 is 2.17 bits per heavy atom. The zero-order chi connectivity index (χ0) is 13.3. The molecule has 18 heavy (non-hydrogen) atoms. The number of hydrogen-bond acceptors (Lipinski definition) is 4. The molecule has 2 aromatic heterocycles. The molecular weight excluding hydrogens is 254 g/mol. The fraction of sp³-hybridized carbons (Fsp3) is 0.273. The van der Waals surface area contributed by atoms with E-state index < -0.39 is 0 Å². The van der Waals surface area contributed by atoms with E-state index in [0.29, 0.717) is 11.3 Å². The van der Waals surface area contributed by atoms with Crippen LogP contribution < -0.4 is 5.32 Å². The summed E-state index contributed by atoms with van der Waals surface area (Å²) in [6.45, 7) is 3.61. The number of aryl methyl sites for hydroxylation is 2. The maximum absolute atomic E-state index is 12.1. The lowest BCUT2D eigenvalue weighted by Crippen LogP contribution is -2.16. The normalized spacial score (nSPS) is 10.4. The number of nitrogens with zero attached hydrogens (tertiary/aromatic N) is 4. The van der Waals surface area contributed by atoms with Crippen molar-refractivity contribution in [2.75, 3.05) is 5.32 Å². The van der Waals surface area contributed by atoms with Crippen LogP contribution >= 0.6 is 11.6 Å². The van der Waals surface area contributed by atoms with Gasteiger partial charge in [-0.3, -0.25) is 14.8 Å². The van der Waals surface area contributed by atoms with Gasteiger partial charge in [0.2, 0.25) is 5.95 Å². The Morgan fingerprint density at radius 3 is 2.72 bits per heavy atom. The van der Waals surface area contributed by atoms with Gasteiger partial charge in [0.1, 0.15) is 5.15 Å². The van der Waals surface area contributed by atoms with Crippen LogP contribution in [0.25, 0.3) is 0 Å². The van der Waals surface area contributed by atoms with Crippen LogP contribution in [0.1, 0.15) is 21.7 Å². The second kappa shape index (κ2) is 4.73. The smallest absolute Gasteiger partial charge is 0.261 e. The van der Waals surface area contributed by atoms with Crippen LogP contribution in [0.2, 0.25) is 5.15 Å². The molecule has 6 nitrogen and oxygen atoms in total. The molecule has 0 aliphatic rings. The lowest BCUT2D eigenvalue weighted by molar-refractivity contribution is 0.102. The van der Waals surface area contributed by atoms with Crippen molar-refractivity contribution in [1.82, 2.24) is 19.7 Å². The van der Waals surface area contributed by atoms with E-state index in [1.807, 2.05) is 6.92 Å². The van der Waals surface area contributed by atoms with Gasteiger partial charge >= 0.3 is 0 Å². The first kappa shape index (κ1) is 12.5. The Kier molecular flexibility index (Phi) is 3.29. The van der Waals surface area contributed by atoms with Crippen LogP contribution in [0.4, 0.5) is 5.95 Å². The minimum Gasteiger partial charge on any atom is -0.290 e. The minimum absolute atomic E-state index is 0.176. The zero-order valence-electron chi connectivity index (χ0n) is 10.2. The average Bonchev–Trinajstić information content (AvgIpc) is 2.53. The number of anilines is 1. The van der Waals surface area contributed by atoms with E-state index in [9.17, 15) is 4.79 Å². The molecule has 0 bridgehead atoms. The van der Waals surface area contributed by atoms with E-state index in [4.69, 9.17) is 11.6 Å². The lowest BCUT2D eigenvalue weighted by atomic mass is 10.2. The highest BCUT2D eigenvalue weighted by atomic mass is 35.5. The molecule has 0 saturated heterocycles. The van der Waals surface area contributed by atoms with Crippen molar-refractivity contribution < 1.29 is 4.79 Å². The Morgan fingerprint density at radius 1 is 1.44 bits per heavy atom. The summed E-state index contributed by atoms with van der Waals surface area (Å²) in [5, 5.41) is 7.05. The maximum atomic E-state index is 12.1. The van der Waals surface area contributed by atoms with Gasteiger partial charge in [-0.15, -0.1) is 0 Å². The van der Waals surface area contributed by atoms with E-state index >= 15 is 0 Å². The minimum atomic E-state index is -0.291. The summed E-state index contributed by atoms with van der Waals surface area (Å²) in [7, 11) is 1.79. The van der Waals surface area contributed by atoms with Crippen molar-refractivity contribution in [1.29, 1.82) is 0 Å². The lowest BCUT2D eigenvalue weighted by Gasteiger charge is -2.03. The molecule has 2 aromatic rings. The molecule has 94 valence electrons. The van der Waals surface area contributed by atoms with Crippen LogP contribution in [0, 0.1) is 13.8 Å². The molecule has 7 heteroatoms. The second-order valence-corrected chi connectivity index (χ2v) is 4.21. The summed E-state index contributed by atoms with van der Waals surface area (Å²) in [6.07, 6.45) is 1.48. The van der Waals surface area contributed by atoms with Crippen molar-refractivity contribution in [3.63, 3.8) is 0 Å². The van der Waals surface area contributed by atoms with Crippen LogP contribution in [0.3, 0.4) is 0 Å². The van der Waals surface area contributed by atoms with Gasteiger partial charge < -0.3 is 0 Å². The molecule has 0 aliphatic heterocycles. The van der Waals surface area contributed by atoms with Crippen LogP contribution in [-0.2, 0) is 7.05 Å². The van der Waals surface area contributed by atoms with Gasteiger partial charge in [-0.2, -0.15) is 5.10 Å². The summed E-state index contributed by atoms with van der Waals surface area (Å²) in [5.74, 6) is -0.115. The number of rotatable bonds is 2. The van der Waals surface area contributed by atoms with Crippen LogP contribution in [-0.4, -0.2) is 25.7 Å². The Hall–Kier alpha value is -1.95. The molecular formula is C11H12ClN5O. The van der Waals surface area contributed by atoms with E-state index in [2.05, 4.69) is 20.4 Å². The highest BCUT2D eigenvalue weighted by Crippen LogP contribution is 2.14. The zero-order valence-corrected chi connectivity index (χ0v) is 11.0. The predicted molar refractivity (Wildman–Crippen MR) is 67.7 cm³/mol. The van der Waals surface area contributed by atoms with Crippen molar-refractivity contribution in [2.24, 2.45) is 7.05 Å². The number of nitrogens with one attached hydrogen (secondary N) is 1. The van der Waals surface area contributed by atoms with Gasteiger partial charge in [0.25, 0.3) is 5.91 Å². The Labute approximate surface area is 109 Å². The summed E-state index contributed by atoms with van der Waals surface area (Å²) < 4.78 is 1.66. The third-order valence-electron chi connectivity index (χ3n) is 2.58. The molecule has 1 N–H and O–H groups in total. The van der Waals surface area contributed by atoms with E-state index in [1.54, 1.807) is 18.7 Å². The first-order valence-electron chi connectivity index (χ1n) is 5.29. The molecule has 0 unspecified atom stereocenters. The first-order valence-corrected chi connectivity index (χ1v) is 5.67. The van der Waals surface area contributed by atoms with Crippen molar-refractivity contribution in [3.8, 4) is 0 Å².